The third-order valence-electron chi connectivity index (χ3n) is 4.98. The summed E-state index contributed by atoms with van der Waals surface area (Å²) in [6.45, 7) is 3.24. The molecule has 1 aromatic heterocycles. The van der Waals surface area contributed by atoms with Crippen molar-refractivity contribution < 1.29 is 9.53 Å². The van der Waals surface area contributed by atoms with Gasteiger partial charge in [0, 0.05) is 18.2 Å². The van der Waals surface area contributed by atoms with E-state index in [0.29, 0.717) is 33.3 Å². The number of hydrogen-bond donors (Lipinski definition) is 1. The Hall–Kier alpha value is -2.35. The Morgan fingerprint density at radius 3 is 2.83 bits per heavy atom. The van der Waals surface area contributed by atoms with Crippen LogP contribution in [0.25, 0.3) is 16.6 Å². The van der Waals surface area contributed by atoms with Gasteiger partial charge >= 0.3 is 0 Å². The first-order valence-electron chi connectivity index (χ1n) is 9.82. The van der Waals surface area contributed by atoms with Crippen LogP contribution in [0.5, 0.6) is 0 Å². The Morgan fingerprint density at radius 2 is 2.10 bits per heavy atom. The van der Waals surface area contributed by atoms with Gasteiger partial charge in [0.15, 0.2) is 5.16 Å². The van der Waals surface area contributed by atoms with Crippen molar-refractivity contribution in [1.82, 2.24) is 14.9 Å². The summed E-state index contributed by atoms with van der Waals surface area (Å²) < 4.78 is 7.09. The Labute approximate surface area is 183 Å². The smallest absolute Gasteiger partial charge is 0.266 e. The molecule has 1 aliphatic rings. The number of carbonyl (C=O) groups excluding carboxylic acids is 1. The van der Waals surface area contributed by atoms with E-state index in [9.17, 15) is 9.59 Å². The zero-order chi connectivity index (χ0) is 21.1. The number of aryl methyl sites for hydroxylation is 1. The standard InChI is InChI=1S/C22H22ClN3O3S/c1-14-4-7-16(8-5-14)26-21(28)18-9-6-15(23)11-19(18)25-22(26)30-13-20(27)24-12-17-3-2-10-29-17/h4-9,11,17H,2-3,10,12-13H2,1H3,(H,24,27)/t17-/m1/s1. The highest BCUT2D eigenvalue weighted by molar-refractivity contribution is 7.99. The predicted octanol–water partition coefficient (Wildman–Crippen LogP) is 3.73. The van der Waals surface area contributed by atoms with Crippen molar-refractivity contribution >= 4 is 40.2 Å². The number of ether oxygens (including phenoxy) is 1. The van der Waals surface area contributed by atoms with Crippen LogP contribution in [-0.4, -0.2) is 40.5 Å². The van der Waals surface area contributed by atoms with E-state index in [1.165, 1.54) is 11.8 Å². The van der Waals surface area contributed by atoms with Crippen molar-refractivity contribution in [2.75, 3.05) is 18.9 Å². The number of nitrogens with one attached hydrogen (secondary N) is 1. The summed E-state index contributed by atoms with van der Waals surface area (Å²) >= 11 is 7.32. The first-order valence-corrected chi connectivity index (χ1v) is 11.2. The first-order chi connectivity index (χ1) is 14.5. The van der Waals surface area contributed by atoms with E-state index in [-0.39, 0.29) is 23.3 Å². The van der Waals surface area contributed by atoms with Crippen LogP contribution >= 0.6 is 23.4 Å². The van der Waals surface area contributed by atoms with Crippen LogP contribution in [-0.2, 0) is 9.53 Å². The largest absolute Gasteiger partial charge is 0.376 e. The van der Waals surface area contributed by atoms with Crippen LogP contribution in [0, 0.1) is 6.92 Å². The van der Waals surface area contributed by atoms with Crippen molar-refractivity contribution in [1.29, 1.82) is 0 Å². The molecule has 0 radical (unpaired) electrons. The molecule has 0 aliphatic carbocycles. The normalized spacial score (nSPS) is 16.1. The molecule has 1 saturated heterocycles. The molecule has 30 heavy (non-hydrogen) atoms. The number of thioether (sulfide) groups is 1. The van der Waals surface area contributed by atoms with Gasteiger partial charge in [0.25, 0.3) is 5.56 Å². The molecule has 1 fully saturated rings. The Morgan fingerprint density at radius 1 is 1.30 bits per heavy atom. The van der Waals surface area contributed by atoms with E-state index in [2.05, 4.69) is 10.3 Å². The third kappa shape index (κ3) is 4.69. The number of hydrogen-bond acceptors (Lipinski definition) is 5. The molecule has 1 atom stereocenters. The highest BCUT2D eigenvalue weighted by Crippen LogP contribution is 2.23. The molecule has 156 valence electrons. The fourth-order valence-electron chi connectivity index (χ4n) is 3.37. The quantitative estimate of drug-likeness (QED) is 0.464. The van der Waals surface area contributed by atoms with Crippen molar-refractivity contribution in [3.63, 3.8) is 0 Å². The molecular weight excluding hydrogens is 422 g/mol. The minimum atomic E-state index is -0.192. The zero-order valence-electron chi connectivity index (χ0n) is 16.6. The van der Waals surface area contributed by atoms with E-state index in [4.69, 9.17) is 16.3 Å². The summed E-state index contributed by atoms with van der Waals surface area (Å²) in [7, 11) is 0. The number of nitrogens with zero attached hydrogens (tertiary/aromatic N) is 2. The molecule has 2 heterocycles. The lowest BCUT2D eigenvalue weighted by molar-refractivity contribution is -0.119. The minimum absolute atomic E-state index is 0.0885. The van der Waals surface area contributed by atoms with E-state index in [1.807, 2.05) is 31.2 Å². The van der Waals surface area contributed by atoms with Gasteiger partial charge in [0.1, 0.15) is 0 Å². The van der Waals surface area contributed by atoms with Gasteiger partial charge in [-0.25, -0.2) is 4.98 Å². The lowest BCUT2D eigenvalue weighted by Gasteiger charge is -2.14. The average molecular weight is 444 g/mol. The van der Waals surface area contributed by atoms with Gasteiger partial charge in [0.2, 0.25) is 5.91 Å². The van der Waals surface area contributed by atoms with Crippen LogP contribution < -0.4 is 10.9 Å². The molecule has 4 rings (SSSR count). The number of amides is 1. The summed E-state index contributed by atoms with van der Waals surface area (Å²) in [5.74, 6) is 0.0308. The molecule has 0 spiro atoms. The molecule has 1 amide bonds. The first kappa shape index (κ1) is 20.9. The number of fused-ring (bicyclic) bond motifs is 1. The van der Waals surface area contributed by atoms with E-state index < -0.39 is 0 Å². The highest BCUT2D eigenvalue weighted by Gasteiger charge is 2.18. The van der Waals surface area contributed by atoms with Crippen LogP contribution in [0.1, 0.15) is 18.4 Å². The summed E-state index contributed by atoms with van der Waals surface area (Å²) in [5, 5.41) is 4.34. The van der Waals surface area contributed by atoms with Crippen LogP contribution in [0.4, 0.5) is 0 Å². The molecule has 0 saturated carbocycles. The lowest BCUT2D eigenvalue weighted by Crippen LogP contribution is -2.33. The van der Waals surface area contributed by atoms with Crippen molar-refractivity contribution in [3.8, 4) is 5.69 Å². The van der Waals surface area contributed by atoms with Crippen molar-refractivity contribution in [2.45, 2.75) is 31.0 Å². The number of aromatic nitrogens is 2. The van der Waals surface area contributed by atoms with Crippen molar-refractivity contribution in [2.24, 2.45) is 0 Å². The van der Waals surface area contributed by atoms with Crippen LogP contribution in [0.15, 0.2) is 52.4 Å². The highest BCUT2D eigenvalue weighted by atomic mass is 35.5. The minimum Gasteiger partial charge on any atom is -0.376 e. The number of halogens is 1. The molecular formula is C22H22ClN3O3S. The fourth-order valence-corrected chi connectivity index (χ4v) is 4.38. The predicted molar refractivity (Wildman–Crippen MR) is 120 cm³/mol. The molecule has 8 heteroatoms. The second-order valence-electron chi connectivity index (χ2n) is 7.26. The molecule has 3 aromatic rings. The topological polar surface area (TPSA) is 73.2 Å². The van der Waals surface area contributed by atoms with E-state index >= 15 is 0 Å². The van der Waals surface area contributed by atoms with Crippen molar-refractivity contribution in [3.05, 3.63) is 63.4 Å². The molecule has 0 unspecified atom stereocenters. The number of benzene rings is 2. The molecule has 1 N–H and O–H groups in total. The van der Waals surface area contributed by atoms with Crippen LogP contribution in [0.2, 0.25) is 5.02 Å². The van der Waals surface area contributed by atoms with Crippen LogP contribution in [0.3, 0.4) is 0 Å². The summed E-state index contributed by atoms with van der Waals surface area (Å²) in [6, 6.07) is 12.7. The average Bonchev–Trinajstić information content (AvgIpc) is 3.25. The second-order valence-corrected chi connectivity index (χ2v) is 8.64. The number of rotatable bonds is 6. The van der Waals surface area contributed by atoms with Gasteiger partial charge in [-0.1, -0.05) is 41.1 Å². The number of carbonyl (C=O) groups is 1. The summed E-state index contributed by atoms with van der Waals surface area (Å²) in [6.07, 6.45) is 2.08. The van der Waals surface area contributed by atoms with Gasteiger partial charge in [-0.2, -0.15) is 0 Å². The summed E-state index contributed by atoms with van der Waals surface area (Å²) in [5.41, 5.74) is 2.12. The van der Waals surface area contributed by atoms with E-state index in [0.717, 1.165) is 25.0 Å². The lowest BCUT2D eigenvalue weighted by atomic mass is 10.2. The third-order valence-corrected chi connectivity index (χ3v) is 6.15. The maximum atomic E-state index is 13.2. The monoisotopic (exact) mass is 443 g/mol. The maximum Gasteiger partial charge on any atom is 0.266 e. The summed E-state index contributed by atoms with van der Waals surface area (Å²) in [4.78, 5) is 30.2. The molecule has 2 aromatic carbocycles. The fraction of sp³-hybridized carbons (Fsp3) is 0.318. The van der Waals surface area contributed by atoms with E-state index in [1.54, 1.807) is 22.8 Å². The Balaban J connectivity index is 1.62. The Kier molecular flexibility index (Phi) is 6.41. The van der Waals surface area contributed by atoms with Gasteiger partial charge in [-0.05, 0) is 50.1 Å². The van der Waals surface area contributed by atoms with Gasteiger partial charge in [0.05, 0.1) is 28.4 Å². The molecule has 6 nitrogen and oxygen atoms in total. The maximum absolute atomic E-state index is 13.2. The SMILES string of the molecule is Cc1ccc(-n2c(SCC(=O)NC[C@H]3CCCO3)nc3cc(Cl)ccc3c2=O)cc1. The molecule has 1 aliphatic heterocycles. The van der Waals surface area contributed by atoms with Gasteiger partial charge in [-0.15, -0.1) is 0 Å². The Bertz CT molecular complexity index is 1120. The van der Waals surface area contributed by atoms with Gasteiger partial charge in [-0.3, -0.25) is 14.2 Å². The second kappa shape index (κ2) is 9.20. The zero-order valence-corrected chi connectivity index (χ0v) is 18.1. The van der Waals surface area contributed by atoms with Gasteiger partial charge < -0.3 is 10.1 Å². The molecule has 0 bridgehead atoms.